The van der Waals surface area contributed by atoms with E-state index in [1.807, 2.05) is 13.0 Å². The van der Waals surface area contributed by atoms with Crippen LogP contribution in [0.15, 0.2) is 61.5 Å². The smallest absolute Gasteiger partial charge is 0.270 e. The van der Waals surface area contributed by atoms with Crippen LogP contribution < -0.4 is 19.7 Å². The topological polar surface area (TPSA) is 67.9 Å². The Morgan fingerprint density at radius 2 is 1.76 bits per heavy atom. The molecule has 0 spiro atoms. The van der Waals surface area contributed by atoms with Crippen molar-refractivity contribution in [3.05, 3.63) is 88.2 Å². The van der Waals surface area contributed by atoms with Gasteiger partial charge in [0.05, 0.1) is 27.3 Å². The number of benzene rings is 3. The van der Waals surface area contributed by atoms with E-state index in [1.165, 1.54) is 18.1 Å². The number of thiocarbonyl (C=S) groups is 1. The van der Waals surface area contributed by atoms with Crippen molar-refractivity contribution >= 4 is 112 Å². The second kappa shape index (κ2) is 12.1. The first-order chi connectivity index (χ1) is 18.0. The molecule has 1 aliphatic rings. The lowest BCUT2D eigenvalue weighted by Gasteiger charge is -2.30. The highest BCUT2D eigenvalue weighted by atomic mass is 79.9. The van der Waals surface area contributed by atoms with E-state index < -0.39 is 11.8 Å². The number of carbonyl (C=O) groups is 2. The number of aryl methyl sites for hydroxylation is 1. The summed E-state index contributed by atoms with van der Waals surface area (Å²) in [7, 11) is 1.49. The summed E-state index contributed by atoms with van der Waals surface area (Å²) in [5, 5.41) is 3.48. The number of hydrogen-bond acceptors (Lipinski definition) is 5. The van der Waals surface area contributed by atoms with Crippen molar-refractivity contribution in [2.45, 2.75) is 13.5 Å². The Labute approximate surface area is 259 Å². The summed E-state index contributed by atoms with van der Waals surface area (Å²) < 4.78 is 13.5. The minimum atomic E-state index is -0.604. The number of halogens is 5. The van der Waals surface area contributed by atoms with Gasteiger partial charge in [0.2, 0.25) is 0 Å². The van der Waals surface area contributed by atoms with Crippen LogP contribution in [-0.4, -0.2) is 24.0 Å². The molecule has 1 saturated heterocycles. The highest BCUT2D eigenvalue weighted by Gasteiger charge is 2.35. The van der Waals surface area contributed by atoms with Crippen molar-refractivity contribution in [2.75, 3.05) is 12.0 Å². The molecule has 0 bridgehead atoms. The minimum Gasteiger partial charge on any atom is -0.493 e. The minimum absolute atomic E-state index is 0.00597. The van der Waals surface area contributed by atoms with Crippen molar-refractivity contribution in [1.29, 1.82) is 0 Å². The highest BCUT2D eigenvalue weighted by molar-refractivity contribution is 9.13. The molecule has 3 aromatic rings. The highest BCUT2D eigenvalue weighted by Crippen LogP contribution is 2.44. The fourth-order valence-electron chi connectivity index (χ4n) is 3.68. The lowest BCUT2D eigenvalue weighted by Crippen LogP contribution is -2.54. The maximum Gasteiger partial charge on any atom is 0.270 e. The number of ether oxygens (including phenoxy) is 2. The molecule has 1 fully saturated rings. The van der Waals surface area contributed by atoms with Crippen molar-refractivity contribution in [1.82, 2.24) is 5.32 Å². The summed E-state index contributed by atoms with van der Waals surface area (Å²) >= 11 is 27.9. The molecule has 6 nitrogen and oxygen atoms in total. The van der Waals surface area contributed by atoms with Gasteiger partial charge in [0.1, 0.15) is 12.2 Å². The molecule has 38 heavy (non-hydrogen) atoms. The fourth-order valence-corrected chi connectivity index (χ4v) is 5.70. The Hall–Kier alpha value is -1.95. The van der Waals surface area contributed by atoms with Crippen LogP contribution in [-0.2, 0) is 16.2 Å². The standard InChI is InChI=1S/C26H17Br3Cl2N2O4S/c1-12-7-15(27)4-6-19(12)33-25(35)16(24(34)32-26(33)38)9-14-10-20(36-2)23(22(29)21(14)28)37-11-13-3-5-17(30)18(31)8-13/h3-10H,11H2,1-2H3,(H,32,34,38)/b16-9+. The predicted molar refractivity (Wildman–Crippen MR) is 164 cm³/mol. The average Bonchev–Trinajstić information content (AvgIpc) is 2.86. The first-order valence-corrected chi connectivity index (χ1v) is 14.4. The zero-order valence-corrected chi connectivity index (χ0v) is 26.8. The van der Waals surface area contributed by atoms with Crippen LogP contribution in [0.5, 0.6) is 11.5 Å². The van der Waals surface area contributed by atoms with Gasteiger partial charge in [-0.25, -0.2) is 0 Å². The van der Waals surface area contributed by atoms with Gasteiger partial charge in [0.25, 0.3) is 11.8 Å². The second-order valence-corrected chi connectivity index (χ2v) is 11.8. The number of rotatable bonds is 6. The molecular weight excluding hydrogens is 747 g/mol. The van der Waals surface area contributed by atoms with Gasteiger partial charge in [-0.3, -0.25) is 19.8 Å². The normalized spacial score (nSPS) is 14.7. The molecular formula is C26H17Br3Cl2N2O4S. The molecule has 12 heteroatoms. The van der Waals surface area contributed by atoms with Crippen LogP contribution in [0.3, 0.4) is 0 Å². The SMILES string of the molecule is COc1cc(/C=C2\C(=O)NC(=S)N(c3ccc(Br)cc3C)C2=O)c(Br)c(Br)c1OCc1ccc(Cl)c(Cl)c1. The van der Waals surface area contributed by atoms with Crippen LogP contribution in [0.25, 0.3) is 6.08 Å². The molecule has 1 N–H and O–H groups in total. The largest absolute Gasteiger partial charge is 0.493 e. The van der Waals surface area contributed by atoms with Gasteiger partial charge in [-0.2, -0.15) is 0 Å². The molecule has 0 radical (unpaired) electrons. The number of methoxy groups -OCH3 is 1. The summed E-state index contributed by atoms with van der Waals surface area (Å²) in [4.78, 5) is 27.7. The van der Waals surface area contributed by atoms with E-state index in [1.54, 1.807) is 36.4 Å². The number of carbonyl (C=O) groups excluding carboxylic acids is 2. The molecule has 2 amide bonds. The van der Waals surface area contributed by atoms with Gasteiger partial charge in [-0.05, 0) is 110 Å². The Morgan fingerprint density at radius 1 is 1.03 bits per heavy atom. The number of hydrogen-bond donors (Lipinski definition) is 1. The van der Waals surface area contributed by atoms with Crippen molar-refractivity contribution < 1.29 is 19.1 Å². The molecule has 0 aliphatic carbocycles. The number of nitrogens with zero attached hydrogens (tertiary/aromatic N) is 1. The number of nitrogens with one attached hydrogen (secondary N) is 1. The summed E-state index contributed by atoms with van der Waals surface area (Å²) in [6.45, 7) is 2.05. The first-order valence-electron chi connectivity index (χ1n) is 10.8. The van der Waals surface area contributed by atoms with Crippen molar-refractivity contribution in [2.24, 2.45) is 0 Å². The van der Waals surface area contributed by atoms with Gasteiger partial charge in [0.15, 0.2) is 16.6 Å². The van der Waals surface area contributed by atoms with Crippen LogP contribution in [0, 0.1) is 6.92 Å². The van der Waals surface area contributed by atoms with Crippen LogP contribution in [0.4, 0.5) is 5.69 Å². The molecule has 1 heterocycles. The number of amides is 2. The third-order valence-electron chi connectivity index (χ3n) is 5.54. The van der Waals surface area contributed by atoms with E-state index >= 15 is 0 Å². The van der Waals surface area contributed by atoms with Crippen molar-refractivity contribution in [3.8, 4) is 11.5 Å². The lowest BCUT2D eigenvalue weighted by atomic mass is 10.1. The van der Waals surface area contributed by atoms with E-state index in [9.17, 15) is 9.59 Å². The molecule has 0 unspecified atom stereocenters. The zero-order chi connectivity index (χ0) is 27.7. The van der Waals surface area contributed by atoms with E-state index in [-0.39, 0.29) is 17.3 Å². The summed E-state index contributed by atoms with van der Waals surface area (Å²) in [5.74, 6) is -0.355. The maximum absolute atomic E-state index is 13.5. The monoisotopic (exact) mass is 760 g/mol. The first kappa shape index (κ1) is 29.0. The average molecular weight is 764 g/mol. The summed E-state index contributed by atoms with van der Waals surface area (Å²) in [5.41, 5.74) is 2.59. The van der Waals surface area contributed by atoms with Gasteiger partial charge in [-0.1, -0.05) is 45.2 Å². The molecule has 0 aromatic heterocycles. The zero-order valence-electron chi connectivity index (χ0n) is 19.7. The van der Waals surface area contributed by atoms with Crippen LogP contribution >= 0.6 is 83.2 Å². The second-order valence-electron chi connectivity index (χ2n) is 8.05. The molecule has 1 aliphatic heterocycles. The fraction of sp³-hybridized carbons (Fsp3) is 0.115. The van der Waals surface area contributed by atoms with Crippen LogP contribution in [0.2, 0.25) is 10.0 Å². The van der Waals surface area contributed by atoms with Crippen LogP contribution in [0.1, 0.15) is 16.7 Å². The molecule has 3 aromatic carbocycles. The molecule has 4 rings (SSSR count). The van der Waals surface area contributed by atoms with Gasteiger partial charge in [-0.15, -0.1) is 0 Å². The van der Waals surface area contributed by atoms with Gasteiger partial charge >= 0.3 is 0 Å². The summed E-state index contributed by atoms with van der Waals surface area (Å²) in [6.07, 6.45) is 1.47. The Morgan fingerprint density at radius 3 is 2.42 bits per heavy atom. The Bertz CT molecular complexity index is 1530. The van der Waals surface area contributed by atoms with E-state index in [0.717, 1.165) is 15.6 Å². The third-order valence-corrected chi connectivity index (χ3v) is 9.20. The molecule has 0 atom stereocenters. The number of anilines is 1. The van der Waals surface area contributed by atoms with Gasteiger partial charge in [0, 0.05) is 8.95 Å². The Kier molecular flexibility index (Phi) is 9.22. The van der Waals surface area contributed by atoms with E-state index in [4.69, 9.17) is 44.9 Å². The maximum atomic E-state index is 13.5. The molecule has 0 saturated carbocycles. The Balaban J connectivity index is 1.70. The lowest BCUT2D eigenvalue weighted by molar-refractivity contribution is -0.122. The van der Waals surface area contributed by atoms with E-state index in [2.05, 4.69) is 53.1 Å². The third kappa shape index (κ3) is 5.95. The summed E-state index contributed by atoms with van der Waals surface area (Å²) in [6, 6.07) is 12.3. The van der Waals surface area contributed by atoms with Gasteiger partial charge < -0.3 is 9.47 Å². The van der Waals surface area contributed by atoms with E-state index in [0.29, 0.717) is 41.7 Å². The predicted octanol–water partition coefficient (Wildman–Crippen LogP) is 8.01. The molecule has 196 valence electrons. The van der Waals surface area contributed by atoms with Crippen molar-refractivity contribution in [3.63, 3.8) is 0 Å². The quantitative estimate of drug-likeness (QED) is 0.157.